The molecule has 17 heavy (non-hydrogen) atoms. The van der Waals surface area contributed by atoms with Crippen LogP contribution in [-0.4, -0.2) is 13.2 Å². The molecule has 0 amide bonds. The number of halogens is 2. The monoisotopic (exact) mass is 243 g/mol. The third-order valence-corrected chi connectivity index (χ3v) is 2.13. The van der Waals surface area contributed by atoms with Crippen molar-refractivity contribution in [2.75, 3.05) is 6.54 Å². The van der Waals surface area contributed by atoms with Crippen molar-refractivity contribution in [2.24, 2.45) is 5.41 Å². The second-order valence-electron chi connectivity index (χ2n) is 5.19. The van der Waals surface area contributed by atoms with Gasteiger partial charge in [-0.25, -0.2) is 0 Å². The van der Waals surface area contributed by atoms with Gasteiger partial charge in [-0.2, -0.15) is 8.78 Å². The zero-order chi connectivity index (χ0) is 12.9. The molecule has 0 aliphatic rings. The summed E-state index contributed by atoms with van der Waals surface area (Å²) in [4.78, 5) is 0. The Morgan fingerprint density at radius 3 is 2.24 bits per heavy atom. The molecule has 1 N–H and O–H groups in total. The van der Waals surface area contributed by atoms with Gasteiger partial charge >= 0.3 is 6.61 Å². The van der Waals surface area contributed by atoms with E-state index in [1.54, 1.807) is 24.3 Å². The van der Waals surface area contributed by atoms with Gasteiger partial charge in [-0.1, -0.05) is 32.9 Å². The lowest BCUT2D eigenvalue weighted by Crippen LogP contribution is -2.26. The van der Waals surface area contributed by atoms with Crippen molar-refractivity contribution in [1.29, 1.82) is 0 Å². The lowest BCUT2D eigenvalue weighted by atomic mass is 9.97. The van der Waals surface area contributed by atoms with Crippen molar-refractivity contribution in [3.63, 3.8) is 0 Å². The molecule has 0 unspecified atom stereocenters. The summed E-state index contributed by atoms with van der Waals surface area (Å²) in [6.45, 7) is 5.33. The van der Waals surface area contributed by atoms with E-state index >= 15 is 0 Å². The van der Waals surface area contributed by atoms with Crippen LogP contribution in [0.2, 0.25) is 0 Å². The van der Waals surface area contributed by atoms with Crippen molar-refractivity contribution < 1.29 is 13.5 Å². The molecule has 0 spiro atoms. The van der Waals surface area contributed by atoms with E-state index in [0.717, 1.165) is 18.7 Å². The Morgan fingerprint density at radius 2 is 1.76 bits per heavy atom. The molecule has 0 bridgehead atoms. The molecule has 0 aliphatic heterocycles. The van der Waals surface area contributed by atoms with Crippen LogP contribution in [0.4, 0.5) is 8.78 Å². The van der Waals surface area contributed by atoms with Crippen LogP contribution in [0, 0.1) is 5.41 Å². The van der Waals surface area contributed by atoms with Crippen molar-refractivity contribution in [3.05, 3.63) is 29.8 Å². The maximum atomic E-state index is 11.9. The maximum absolute atomic E-state index is 11.9. The van der Waals surface area contributed by atoms with Crippen LogP contribution in [0.15, 0.2) is 24.3 Å². The number of rotatable bonds is 5. The summed E-state index contributed by atoms with van der Waals surface area (Å²) >= 11 is 0. The van der Waals surface area contributed by atoms with E-state index in [9.17, 15) is 8.78 Å². The van der Waals surface area contributed by atoms with Gasteiger partial charge in [0.2, 0.25) is 0 Å². The highest BCUT2D eigenvalue weighted by Gasteiger charge is 2.09. The molecule has 0 fully saturated rings. The first-order valence-electron chi connectivity index (χ1n) is 5.61. The highest BCUT2D eigenvalue weighted by atomic mass is 19.3. The van der Waals surface area contributed by atoms with Crippen molar-refractivity contribution >= 4 is 0 Å². The molecule has 0 heterocycles. The van der Waals surface area contributed by atoms with Crippen LogP contribution in [0.1, 0.15) is 26.3 Å². The van der Waals surface area contributed by atoms with Crippen LogP contribution >= 0.6 is 0 Å². The predicted octanol–water partition coefficient (Wildman–Crippen LogP) is 3.42. The molecule has 4 heteroatoms. The third-order valence-electron chi connectivity index (χ3n) is 2.13. The molecular formula is C13H19F2NO. The molecule has 0 atom stereocenters. The number of benzene rings is 1. The number of alkyl halides is 2. The summed E-state index contributed by atoms with van der Waals surface area (Å²) in [6.07, 6.45) is 0. The lowest BCUT2D eigenvalue weighted by Gasteiger charge is -2.18. The zero-order valence-electron chi connectivity index (χ0n) is 10.5. The Hall–Kier alpha value is -1.16. The summed E-state index contributed by atoms with van der Waals surface area (Å²) < 4.78 is 28.1. The summed E-state index contributed by atoms with van der Waals surface area (Å²) in [5.41, 5.74) is 1.29. The van der Waals surface area contributed by atoms with Crippen LogP contribution in [0.25, 0.3) is 0 Å². The van der Waals surface area contributed by atoms with Gasteiger partial charge in [0.05, 0.1) is 0 Å². The molecule has 1 rings (SSSR count). The molecule has 0 aromatic heterocycles. The first-order valence-corrected chi connectivity index (χ1v) is 5.61. The van der Waals surface area contributed by atoms with E-state index in [4.69, 9.17) is 0 Å². The summed E-state index contributed by atoms with van der Waals surface area (Å²) in [5.74, 6) is 0.194. The average molecular weight is 243 g/mol. The van der Waals surface area contributed by atoms with Crippen LogP contribution in [-0.2, 0) is 6.54 Å². The maximum Gasteiger partial charge on any atom is 0.387 e. The molecular weight excluding hydrogens is 224 g/mol. The molecule has 1 aromatic carbocycles. The normalized spacial score (nSPS) is 11.9. The van der Waals surface area contributed by atoms with E-state index in [1.807, 2.05) is 0 Å². The summed E-state index contributed by atoms with van der Waals surface area (Å²) in [7, 11) is 0. The molecule has 0 saturated heterocycles. The van der Waals surface area contributed by atoms with E-state index < -0.39 is 6.61 Å². The van der Waals surface area contributed by atoms with Gasteiger partial charge in [-0.15, -0.1) is 0 Å². The number of nitrogens with one attached hydrogen (secondary N) is 1. The van der Waals surface area contributed by atoms with Gasteiger partial charge in [0.25, 0.3) is 0 Å². The molecule has 1 aromatic rings. The van der Waals surface area contributed by atoms with Crippen molar-refractivity contribution in [3.8, 4) is 5.75 Å². The fourth-order valence-corrected chi connectivity index (χ4v) is 1.37. The SMILES string of the molecule is CC(C)(C)CNCc1ccc(OC(F)F)cc1. The lowest BCUT2D eigenvalue weighted by molar-refractivity contribution is -0.0498. The second kappa shape index (κ2) is 5.96. The van der Waals surface area contributed by atoms with E-state index in [0.29, 0.717) is 0 Å². The molecule has 0 saturated carbocycles. The fourth-order valence-electron chi connectivity index (χ4n) is 1.37. The van der Waals surface area contributed by atoms with Crippen molar-refractivity contribution in [2.45, 2.75) is 33.9 Å². The number of ether oxygens (including phenoxy) is 1. The van der Waals surface area contributed by atoms with Crippen LogP contribution < -0.4 is 10.1 Å². The average Bonchev–Trinajstić information content (AvgIpc) is 2.18. The number of hydrogen-bond donors (Lipinski definition) is 1. The summed E-state index contributed by atoms with van der Waals surface area (Å²) in [6, 6.07) is 6.68. The highest BCUT2D eigenvalue weighted by molar-refractivity contribution is 5.27. The van der Waals surface area contributed by atoms with Gasteiger partial charge < -0.3 is 10.1 Å². The Morgan fingerprint density at radius 1 is 1.18 bits per heavy atom. The third kappa shape index (κ3) is 6.22. The Balaban J connectivity index is 2.40. The Kier molecular flexibility index (Phi) is 4.87. The first kappa shape index (κ1) is 13.9. The van der Waals surface area contributed by atoms with Crippen LogP contribution in [0.3, 0.4) is 0 Å². The smallest absolute Gasteiger partial charge is 0.387 e. The minimum absolute atomic E-state index is 0.194. The van der Waals surface area contributed by atoms with E-state index in [2.05, 4.69) is 30.8 Å². The molecule has 0 aliphatic carbocycles. The molecule has 2 nitrogen and oxygen atoms in total. The Bertz CT molecular complexity index is 330. The van der Waals surface area contributed by atoms with Gasteiger partial charge in [0.15, 0.2) is 0 Å². The Labute approximate surface area is 101 Å². The van der Waals surface area contributed by atoms with Crippen LogP contribution in [0.5, 0.6) is 5.75 Å². The quantitative estimate of drug-likeness (QED) is 0.855. The topological polar surface area (TPSA) is 21.3 Å². The van der Waals surface area contributed by atoms with Gasteiger partial charge in [-0.05, 0) is 23.1 Å². The highest BCUT2D eigenvalue weighted by Crippen LogP contribution is 2.15. The largest absolute Gasteiger partial charge is 0.435 e. The predicted molar refractivity (Wildman–Crippen MR) is 64.2 cm³/mol. The van der Waals surface area contributed by atoms with Gasteiger partial charge in [0.1, 0.15) is 5.75 Å². The van der Waals surface area contributed by atoms with Gasteiger partial charge in [0, 0.05) is 13.1 Å². The first-order chi connectivity index (χ1) is 7.87. The summed E-state index contributed by atoms with van der Waals surface area (Å²) in [5, 5.41) is 3.31. The molecule has 0 radical (unpaired) electrons. The minimum Gasteiger partial charge on any atom is -0.435 e. The molecule has 96 valence electrons. The van der Waals surface area contributed by atoms with Crippen molar-refractivity contribution in [1.82, 2.24) is 5.32 Å². The van der Waals surface area contributed by atoms with E-state index in [1.165, 1.54) is 0 Å². The second-order valence-corrected chi connectivity index (χ2v) is 5.19. The fraction of sp³-hybridized carbons (Fsp3) is 0.538. The minimum atomic E-state index is -2.76. The van der Waals surface area contributed by atoms with E-state index in [-0.39, 0.29) is 11.2 Å². The van der Waals surface area contributed by atoms with Gasteiger partial charge in [-0.3, -0.25) is 0 Å². The zero-order valence-corrected chi connectivity index (χ0v) is 10.5. The standard InChI is InChI=1S/C13H19F2NO/c1-13(2,3)9-16-8-10-4-6-11(7-5-10)17-12(14)15/h4-7,12,16H,8-9H2,1-3H3. The number of hydrogen-bond acceptors (Lipinski definition) is 2.